The fourth-order valence-electron chi connectivity index (χ4n) is 3.43. The van der Waals surface area contributed by atoms with Crippen molar-refractivity contribution in [1.82, 2.24) is 5.32 Å². The fraction of sp³-hybridized carbons (Fsp3) is 0.379. The highest BCUT2D eigenvalue weighted by Gasteiger charge is 2.04. The third-order valence-electron chi connectivity index (χ3n) is 5.33. The molecule has 0 bridgehead atoms. The Kier molecular flexibility index (Phi) is 12.6. The maximum atomic E-state index is 4.15. The van der Waals surface area contributed by atoms with Gasteiger partial charge in [0.1, 0.15) is 0 Å². The number of hydrogen-bond acceptors (Lipinski definition) is 2. The lowest BCUT2D eigenvalue weighted by atomic mass is 9.96. The first-order valence-corrected chi connectivity index (χ1v) is 11.3. The Labute approximate surface area is 190 Å². The molecule has 2 nitrogen and oxygen atoms in total. The van der Waals surface area contributed by atoms with Crippen molar-refractivity contribution in [3.63, 3.8) is 0 Å². The van der Waals surface area contributed by atoms with E-state index in [4.69, 9.17) is 0 Å². The molecule has 2 rings (SSSR count). The second kappa shape index (κ2) is 15.0. The van der Waals surface area contributed by atoms with E-state index < -0.39 is 0 Å². The first-order valence-electron chi connectivity index (χ1n) is 11.3. The predicted molar refractivity (Wildman–Crippen MR) is 139 cm³/mol. The van der Waals surface area contributed by atoms with Crippen LogP contribution < -0.4 is 10.6 Å². The zero-order valence-electron chi connectivity index (χ0n) is 19.9. The first-order chi connectivity index (χ1) is 15.0. The lowest BCUT2D eigenvalue weighted by Gasteiger charge is -2.14. The van der Waals surface area contributed by atoms with Gasteiger partial charge in [-0.25, -0.2) is 0 Å². The summed E-state index contributed by atoms with van der Waals surface area (Å²) in [5.74, 6) is 0. The Balaban J connectivity index is 0.00000233. The highest BCUT2D eigenvalue weighted by molar-refractivity contribution is 5.69. The lowest BCUT2D eigenvalue weighted by molar-refractivity contribution is 0.734. The predicted octanol–water partition coefficient (Wildman–Crippen LogP) is 7.72. The molecule has 2 heteroatoms. The second-order valence-corrected chi connectivity index (χ2v) is 8.13. The number of hydrogen-bond donors (Lipinski definition) is 2. The minimum Gasteiger partial charge on any atom is -0.372 e. The summed E-state index contributed by atoms with van der Waals surface area (Å²) in [6, 6.07) is 17.6. The van der Waals surface area contributed by atoms with Crippen LogP contribution in [-0.2, 0) is 6.42 Å². The summed E-state index contributed by atoms with van der Waals surface area (Å²) in [4.78, 5) is 0. The molecule has 0 aliphatic carbocycles. The summed E-state index contributed by atoms with van der Waals surface area (Å²) >= 11 is 0. The third-order valence-corrected chi connectivity index (χ3v) is 5.33. The van der Waals surface area contributed by atoms with Crippen molar-refractivity contribution in [3.05, 3.63) is 83.1 Å². The van der Waals surface area contributed by atoms with Gasteiger partial charge in [-0.1, -0.05) is 73.9 Å². The van der Waals surface area contributed by atoms with Crippen molar-refractivity contribution >= 4 is 11.3 Å². The van der Waals surface area contributed by atoms with Crippen LogP contribution in [-0.4, -0.2) is 6.67 Å². The SMILES string of the molecule is C#C.C=C(CCc1ccc(C)cc1)NCNc1ccc(C(CCCCC)=C(C)C)cc1. The van der Waals surface area contributed by atoms with Crippen LogP contribution in [0.4, 0.5) is 5.69 Å². The summed E-state index contributed by atoms with van der Waals surface area (Å²) in [6.45, 7) is 13.7. The van der Waals surface area contributed by atoms with Gasteiger partial charge < -0.3 is 10.6 Å². The van der Waals surface area contributed by atoms with Crippen LogP contribution >= 0.6 is 0 Å². The number of aryl methyl sites for hydroxylation is 2. The zero-order chi connectivity index (χ0) is 23.1. The Bertz CT molecular complexity index is 819. The van der Waals surface area contributed by atoms with E-state index in [2.05, 4.69) is 106 Å². The van der Waals surface area contributed by atoms with Crippen LogP contribution in [0.15, 0.2) is 66.4 Å². The van der Waals surface area contributed by atoms with E-state index in [-0.39, 0.29) is 0 Å². The van der Waals surface area contributed by atoms with E-state index in [1.165, 1.54) is 53.5 Å². The van der Waals surface area contributed by atoms with E-state index in [1.54, 1.807) is 0 Å². The first kappa shape index (κ1) is 26.1. The van der Waals surface area contributed by atoms with Crippen molar-refractivity contribution in [2.45, 2.75) is 66.2 Å². The van der Waals surface area contributed by atoms with Gasteiger partial charge in [0.05, 0.1) is 6.67 Å². The molecule has 2 N–H and O–H groups in total. The van der Waals surface area contributed by atoms with E-state index >= 15 is 0 Å². The van der Waals surface area contributed by atoms with Gasteiger partial charge in [0.2, 0.25) is 0 Å². The number of benzene rings is 2. The molecule has 0 aromatic heterocycles. The van der Waals surface area contributed by atoms with Crippen molar-refractivity contribution in [2.75, 3.05) is 12.0 Å². The van der Waals surface area contributed by atoms with Crippen molar-refractivity contribution in [3.8, 4) is 12.8 Å². The molecule has 0 heterocycles. The van der Waals surface area contributed by atoms with E-state index in [0.29, 0.717) is 6.67 Å². The van der Waals surface area contributed by atoms with Gasteiger partial charge in [-0.2, -0.15) is 0 Å². The molecule has 0 aliphatic rings. The molecule has 0 radical (unpaired) electrons. The van der Waals surface area contributed by atoms with Gasteiger partial charge in [-0.05, 0) is 75.3 Å². The number of unbranched alkanes of at least 4 members (excludes halogenated alkanes) is 2. The van der Waals surface area contributed by atoms with Crippen LogP contribution in [0.25, 0.3) is 5.57 Å². The van der Waals surface area contributed by atoms with Gasteiger partial charge in [0, 0.05) is 11.4 Å². The Morgan fingerprint density at radius 2 is 1.55 bits per heavy atom. The normalized spacial score (nSPS) is 9.87. The highest BCUT2D eigenvalue weighted by atomic mass is 15.1. The molecule has 0 saturated heterocycles. The minimum atomic E-state index is 0.693. The topological polar surface area (TPSA) is 24.1 Å². The number of allylic oxidation sites excluding steroid dienone is 3. The smallest absolute Gasteiger partial charge is 0.0846 e. The standard InChI is InChI=1S/C27H38N2.C2H2/c1-6-7-8-9-27(21(2)3)25-16-18-26(19-17-25)29-20-28-23(5)12-15-24-13-10-22(4)11-14-24;1-2/h10-11,13-14,16-19,28-29H,5-9,12,15,20H2,1-4H3;1-2H. The average molecular weight is 417 g/mol. The average Bonchev–Trinajstić information content (AvgIpc) is 2.78. The quantitative estimate of drug-likeness (QED) is 0.210. The van der Waals surface area contributed by atoms with E-state index in [1.807, 2.05) is 0 Å². The molecule has 0 spiro atoms. The molecule has 2 aromatic carbocycles. The maximum absolute atomic E-state index is 4.15. The van der Waals surface area contributed by atoms with Crippen molar-refractivity contribution in [1.29, 1.82) is 0 Å². The highest BCUT2D eigenvalue weighted by Crippen LogP contribution is 2.26. The molecular weight excluding hydrogens is 376 g/mol. The van der Waals surface area contributed by atoms with Crippen LogP contribution in [0.5, 0.6) is 0 Å². The number of nitrogens with one attached hydrogen (secondary N) is 2. The molecule has 2 aromatic rings. The second-order valence-electron chi connectivity index (χ2n) is 8.13. The Morgan fingerprint density at radius 1 is 0.903 bits per heavy atom. The summed E-state index contributed by atoms with van der Waals surface area (Å²) < 4.78 is 0. The van der Waals surface area contributed by atoms with Gasteiger partial charge in [0.15, 0.2) is 0 Å². The zero-order valence-corrected chi connectivity index (χ0v) is 19.9. The van der Waals surface area contributed by atoms with Gasteiger partial charge in [-0.15, -0.1) is 12.8 Å². The molecule has 0 amide bonds. The largest absolute Gasteiger partial charge is 0.372 e. The van der Waals surface area contributed by atoms with Crippen LogP contribution in [0.1, 0.15) is 69.6 Å². The van der Waals surface area contributed by atoms with Crippen LogP contribution in [0.2, 0.25) is 0 Å². The van der Waals surface area contributed by atoms with Crippen LogP contribution in [0.3, 0.4) is 0 Å². The van der Waals surface area contributed by atoms with Gasteiger partial charge in [0.25, 0.3) is 0 Å². The van der Waals surface area contributed by atoms with Crippen LogP contribution in [0, 0.1) is 19.8 Å². The summed E-state index contributed by atoms with van der Waals surface area (Å²) in [5, 5.41) is 6.83. The summed E-state index contributed by atoms with van der Waals surface area (Å²) in [7, 11) is 0. The monoisotopic (exact) mass is 416 g/mol. The van der Waals surface area contributed by atoms with Crippen molar-refractivity contribution < 1.29 is 0 Å². The Morgan fingerprint density at radius 3 is 2.13 bits per heavy atom. The molecule has 31 heavy (non-hydrogen) atoms. The molecule has 0 atom stereocenters. The number of anilines is 1. The molecule has 0 saturated carbocycles. The minimum absolute atomic E-state index is 0.693. The molecule has 0 fully saturated rings. The maximum Gasteiger partial charge on any atom is 0.0846 e. The molecular formula is C29H40N2. The van der Waals surface area contributed by atoms with Crippen molar-refractivity contribution in [2.24, 2.45) is 0 Å². The lowest BCUT2D eigenvalue weighted by Crippen LogP contribution is -2.21. The molecule has 0 unspecified atom stereocenters. The van der Waals surface area contributed by atoms with Gasteiger partial charge in [-0.3, -0.25) is 0 Å². The molecule has 0 aliphatic heterocycles. The summed E-state index contributed by atoms with van der Waals surface area (Å²) in [5.41, 5.74) is 9.13. The number of terminal acetylenes is 1. The molecule has 166 valence electrons. The fourth-order valence-corrected chi connectivity index (χ4v) is 3.43. The van der Waals surface area contributed by atoms with E-state index in [0.717, 1.165) is 24.2 Å². The summed E-state index contributed by atoms with van der Waals surface area (Å²) in [6.07, 6.45) is 15.0. The number of rotatable bonds is 12. The van der Waals surface area contributed by atoms with Gasteiger partial charge >= 0.3 is 0 Å². The third kappa shape index (κ3) is 10.1. The van der Waals surface area contributed by atoms with E-state index in [9.17, 15) is 0 Å². The Hall–Kier alpha value is -2.92.